The number of nitrogens with one attached hydrogen (secondary N) is 1. The van der Waals surface area contributed by atoms with Crippen LogP contribution in [0, 0.1) is 6.92 Å². The molecule has 0 fully saturated rings. The van der Waals surface area contributed by atoms with E-state index in [0.717, 1.165) is 27.0 Å². The minimum atomic E-state index is 0.687. The van der Waals surface area contributed by atoms with Crippen molar-refractivity contribution in [2.45, 2.75) is 20.3 Å². The van der Waals surface area contributed by atoms with Gasteiger partial charge in [-0.25, -0.2) is 15.8 Å². The molecule has 6 heteroatoms. The summed E-state index contributed by atoms with van der Waals surface area (Å²) in [5.41, 5.74) is 4.65. The van der Waals surface area contributed by atoms with Crippen LogP contribution < -0.4 is 11.3 Å². The first-order valence-electron chi connectivity index (χ1n) is 5.24. The van der Waals surface area contributed by atoms with Gasteiger partial charge in [-0.05, 0) is 40.7 Å². The fourth-order valence-electron chi connectivity index (χ4n) is 1.60. The van der Waals surface area contributed by atoms with Crippen LogP contribution in [0.4, 0.5) is 5.82 Å². The lowest BCUT2D eigenvalue weighted by atomic mass is 10.2. The first kappa shape index (κ1) is 12.5. The molecular formula is C11H13BrN4S. The highest BCUT2D eigenvalue weighted by molar-refractivity contribution is 9.10. The maximum Gasteiger partial charge on any atom is 0.173 e. The van der Waals surface area contributed by atoms with Crippen molar-refractivity contribution in [2.75, 3.05) is 5.43 Å². The summed E-state index contributed by atoms with van der Waals surface area (Å²) < 4.78 is 1.01. The van der Waals surface area contributed by atoms with E-state index >= 15 is 0 Å². The Hall–Kier alpha value is -0.980. The van der Waals surface area contributed by atoms with Crippen LogP contribution in [0.15, 0.2) is 15.9 Å². The predicted octanol–water partition coefficient (Wildman–Crippen LogP) is 3.12. The number of nitrogen functional groups attached to an aromatic ring is 1. The zero-order valence-corrected chi connectivity index (χ0v) is 12.0. The van der Waals surface area contributed by atoms with Crippen LogP contribution >= 0.6 is 27.3 Å². The van der Waals surface area contributed by atoms with Crippen LogP contribution in [-0.4, -0.2) is 9.97 Å². The second-order valence-electron chi connectivity index (χ2n) is 3.56. The van der Waals surface area contributed by atoms with Crippen LogP contribution in [0.3, 0.4) is 0 Å². The van der Waals surface area contributed by atoms with Crippen molar-refractivity contribution < 1.29 is 0 Å². The number of hydrogen-bond donors (Lipinski definition) is 2. The summed E-state index contributed by atoms with van der Waals surface area (Å²) in [6.07, 6.45) is 0.860. The molecule has 0 aliphatic rings. The molecule has 0 saturated carbocycles. The van der Waals surface area contributed by atoms with Gasteiger partial charge in [0, 0.05) is 15.7 Å². The van der Waals surface area contributed by atoms with Crippen molar-refractivity contribution in [3.63, 3.8) is 0 Å². The number of hydrogen-bond acceptors (Lipinski definition) is 5. The molecule has 2 heterocycles. The molecule has 3 N–H and O–H groups in total. The van der Waals surface area contributed by atoms with E-state index < -0.39 is 0 Å². The third-order valence-corrected chi connectivity index (χ3v) is 4.37. The van der Waals surface area contributed by atoms with Crippen molar-refractivity contribution >= 4 is 33.1 Å². The van der Waals surface area contributed by atoms with Gasteiger partial charge in [0.1, 0.15) is 5.82 Å². The van der Waals surface area contributed by atoms with E-state index in [-0.39, 0.29) is 0 Å². The maximum absolute atomic E-state index is 5.49. The Balaban J connectivity index is 2.60. The number of nitrogens with two attached hydrogens (primary N) is 1. The van der Waals surface area contributed by atoms with E-state index in [4.69, 9.17) is 5.84 Å². The van der Waals surface area contributed by atoms with Crippen molar-refractivity contribution in [1.29, 1.82) is 0 Å². The summed E-state index contributed by atoms with van der Waals surface area (Å²) in [4.78, 5) is 10.0. The fourth-order valence-corrected chi connectivity index (χ4v) is 3.09. The van der Waals surface area contributed by atoms with Gasteiger partial charge < -0.3 is 5.43 Å². The molecule has 0 spiro atoms. The molecule has 2 aromatic heterocycles. The summed E-state index contributed by atoms with van der Waals surface area (Å²) >= 11 is 5.10. The van der Waals surface area contributed by atoms with E-state index in [1.807, 2.05) is 18.4 Å². The van der Waals surface area contributed by atoms with Crippen LogP contribution in [0.2, 0.25) is 0 Å². The summed E-state index contributed by atoms with van der Waals surface area (Å²) in [5.74, 6) is 6.88. The Bertz CT molecular complexity index is 513. The van der Waals surface area contributed by atoms with Gasteiger partial charge in [-0.1, -0.05) is 6.92 Å². The Morgan fingerprint density at radius 1 is 1.47 bits per heavy atom. The number of thiophene rings is 1. The highest BCUT2D eigenvalue weighted by Crippen LogP contribution is 2.32. The molecule has 2 aromatic rings. The number of rotatable bonds is 3. The molecular weight excluding hydrogens is 300 g/mol. The zero-order chi connectivity index (χ0) is 12.4. The number of halogens is 1. The first-order valence-corrected chi connectivity index (χ1v) is 6.92. The lowest BCUT2D eigenvalue weighted by molar-refractivity contribution is 0.975. The largest absolute Gasteiger partial charge is 0.308 e. The summed E-state index contributed by atoms with van der Waals surface area (Å²) in [5, 5.41) is 2.00. The van der Waals surface area contributed by atoms with Crippen LogP contribution in [0.5, 0.6) is 0 Å². The van der Waals surface area contributed by atoms with E-state index in [2.05, 4.69) is 38.2 Å². The quantitative estimate of drug-likeness (QED) is 0.675. The molecule has 4 nitrogen and oxygen atoms in total. The maximum atomic E-state index is 5.49. The van der Waals surface area contributed by atoms with Crippen molar-refractivity contribution in [3.05, 3.63) is 27.2 Å². The molecule has 0 aromatic carbocycles. The molecule has 0 radical (unpaired) electrons. The normalized spacial score (nSPS) is 10.6. The summed E-state index contributed by atoms with van der Waals surface area (Å²) in [6.45, 7) is 4.05. The predicted molar refractivity (Wildman–Crippen MR) is 75.0 cm³/mol. The number of hydrazine groups is 1. The third kappa shape index (κ3) is 2.34. The Morgan fingerprint density at radius 3 is 2.76 bits per heavy atom. The van der Waals surface area contributed by atoms with Gasteiger partial charge >= 0.3 is 0 Å². The Kier molecular flexibility index (Phi) is 3.76. The molecule has 0 aliphatic heterocycles. The molecule has 0 aliphatic carbocycles. The van der Waals surface area contributed by atoms with Crippen molar-refractivity contribution in [3.8, 4) is 10.7 Å². The molecule has 90 valence electrons. The van der Waals surface area contributed by atoms with E-state index in [0.29, 0.717) is 11.6 Å². The fraction of sp³-hybridized carbons (Fsp3) is 0.273. The second kappa shape index (κ2) is 5.12. The van der Waals surface area contributed by atoms with Gasteiger partial charge in [0.2, 0.25) is 0 Å². The van der Waals surface area contributed by atoms with Crippen molar-refractivity contribution in [2.24, 2.45) is 5.84 Å². The third-order valence-electron chi connectivity index (χ3n) is 2.54. The average molecular weight is 313 g/mol. The lowest BCUT2D eigenvalue weighted by Gasteiger charge is -2.10. The topological polar surface area (TPSA) is 63.8 Å². The van der Waals surface area contributed by atoms with Gasteiger partial charge in [0.05, 0.1) is 4.88 Å². The van der Waals surface area contributed by atoms with Gasteiger partial charge in [0.25, 0.3) is 0 Å². The molecule has 2 rings (SSSR count). The van der Waals surface area contributed by atoms with Gasteiger partial charge in [-0.15, -0.1) is 11.3 Å². The van der Waals surface area contributed by atoms with Crippen LogP contribution in [-0.2, 0) is 6.42 Å². The molecule has 0 unspecified atom stereocenters. The standard InChI is InChI=1S/C11H13BrN4S/c1-3-8-6(2)10(16-13)15-11(14-8)9-7(12)4-5-17-9/h4-5H,3,13H2,1-2H3,(H,14,15,16). The average Bonchev–Trinajstić information content (AvgIpc) is 2.76. The smallest absolute Gasteiger partial charge is 0.173 e. The van der Waals surface area contributed by atoms with Gasteiger partial charge in [-0.2, -0.15) is 0 Å². The Labute approximate surface area is 112 Å². The van der Waals surface area contributed by atoms with Gasteiger partial charge in [0.15, 0.2) is 5.82 Å². The summed E-state index contributed by atoms with van der Waals surface area (Å²) in [7, 11) is 0. The lowest BCUT2D eigenvalue weighted by Crippen LogP contribution is -2.13. The van der Waals surface area contributed by atoms with Crippen molar-refractivity contribution in [1.82, 2.24) is 9.97 Å². The molecule has 0 bridgehead atoms. The SMILES string of the molecule is CCc1nc(-c2sccc2Br)nc(NN)c1C. The highest BCUT2D eigenvalue weighted by atomic mass is 79.9. The first-order chi connectivity index (χ1) is 8.17. The van der Waals surface area contributed by atoms with E-state index in [1.54, 1.807) is 11.3 Å². The monoisotopic (exact) mass is 312 g/mol. The number of anilines is 1. The molecule has 0 atom stereocenters. The minimum absolute atomic E-state index is 0.687. The molecule has 17 heavy (non-hydrogen) atoms. The second-order valence-corrected chi connectivity index (χ2v) is 5.33. The number of aromatic nitrogens is 2. The highest BCUT2D eigenvalue weighted by Gasteiger charge is 2.13. The van der Waals surface area contributed by atoms with Crippen LogP contribution in [0.1, 0.15) is 18.2 Å². The minimum Gasteiger partial charge on any atom is -0.308 e. The molecule has 0 amide bonds. The van der Waals surface area contributed by atoms with Crippen LogP contribution in [0.25, 0.3) is 10.7 Å². The van der Waals surface area contributed by atoms with E-state index in [1.165, 1.54) is 0 Å². The summed E-state index contributed by atoms with van der Waals surface area (Å²) in [6, 6.07) is 1.99. The number of nitrogens with zero attached hydrogens (tertiary/aromatic N) is 2. The zero-order valence-electron chi connectivity index (χ0n) is 9.62. The molecule has 0 saturated heterocycles. The van der Waals surface area contributed by atoms with Gasteiger partial charge in [-0.3, -0.25) is 0 Å². The Morgan fingerprint density at radius 2 is 2.24 bits per heavy atom. The number of aryl methyl sites for hydroxylation is 1. The van der Waals surface area contributed by atoms with E-state index in [9.17, 15) is 0 Å².